The van der Waals surface area contributed by atoms with Gasteiger partial charge in [-0.15, -0.1) is 34.0 Å². The van der Waals surface area contributed by atoms with E-state index in [1.807, 2.05) is 109 Å². The van der Waals surface area contributed by atoms with Gasteiger partial charge in [0.05, 0.1) is 68.1 Å². The van der Waals surface area contributed by atoms with Crippen molar-refractivity contribution in [1.29, 1.82) is 0 Å². The molecule has 18 rings (SSSR count). The zero-order chi connectivity index (χ0) is 75.4. The molecule has 2 saturated heterocycles. The first-order chi connectivity index (χ1) is 53.7. The number of rotatable bonds is 17. The van der Waals surface area contributed by atoms with Crippen LogP contribution in [0.5, 0.6) is 23.0 Å². The number of thiophene rings is 3. The van der Waals surface area contributed by atoms with E-state index in [9.17, 15) is 28.8 Å². The number of nitrogens with one attached hydrogen (secondary N) is 5. The molecule has 0 aliphatic carbocycles. The molecule has 0 saturated carbocycles. The van der Waals surface area contributed by atoms with E-state index >= 15 is 0 Å². The standard InChI is InChI=1S/C31H26ClN7O3S.C26H24N6O3S.C22H16N4O3S2/c32-23-15-21(10-11-24(23)42-22-5-4-12-33-16-22)39-28-25-26(37-31(39)41)27(43-30(25)35-18-34-28)29(40)36-20-8-6-19(7-9-20)17-38-13-2-1-3-14-38;1-31-13-11-16(12-14-31)29-24(33)22-21-20-23(27-15-28-25(20)36-22)32(26(34)30-21)17-7-9-19(10-8-17)35-18-5-3-2-4-6-18;1-2-29-21(27)18-17-16-19(23-12-24-20(16)31-18)26(22(28)25-17)13-8-10-15(11-9-13)30-14-6-4-3-5-7-14/h4-12,15-16,18H,1-3,13-14,17H2,(H,36,40)(H,37,41);2-10,15-16H,11-14H2,1H3,(H,29,33)(H,30,34);3-12H,2H2,1H3,(H,25,28). The van der Waals surface area contributed by atoms with Crippen LogP contribution in [0.4, 0.5) is 71.6 Å². The summed E-state index contributed by atoms with van der Waals surface area (Å²) in [4.78, 5) is 123. The van der Waals surface area contributed by atoms with Crippen molar-refractivity contribution in [1.82, 2.24) is 50.0 Å². The van der Waals surface area contributed by atoms with Gasteiger partial charge < -0.3 is 45.7 Å². The second-order valence-corrected chi connectivity index (χ2v) is 30.4. The Hall–Kier alpha value is -12.0. The molecule has 0 spiro atoms. The molecule has 12 heterocycles. The van der Waals surface area contributed by atoms with Crippen molar-refractivity contribution in [2.75, 3.05) is 75.8 Å². The molecular weight excluding hydrogens is 1490 g/mol. The summed E-state index contributed by atoms with van der Waals surface area (Å²) in [6, 6.07) is 49.8. The van der Waals surface area contributed by atoms with Gasteiger partial charge in [0, 0.05) is 34.3 Å². The number of hydrogen-bond acceptors (Lipinski definition) is 22. The van der Waals surface area contributed by atoms with E-state index in [1.165, 1.54) is 92.5 Å². The van der Waals surface area contributed by atoms with E-state index in [-0.39, 0.29) is 36.5 Å². The maximum atomic E-state index is 13.5. The zero-order valence-electron chi connectivity index (χ0n) is 58.9. The number of esters is 1. The normalized spacial score (nSPS) is 14.7. The molecule has 26 nitrogen and oxygen atoms in total. The van der Waals surface area contributed by atoms with E-state index in [0.717, 1.165) is 61.1 Å². The number of benzene rings is 6. The number of anilines is 10. The Bertz CT molecular complexity index is 5640. The Balaban J connectivity index is 0.000000127. The van der Waals surface area contributed by atoms with Gasteiger partial charge >= 0.3 is 24.1 Å². The molecule has 0 bridgehead atoms. The van der Waals surface area contributed by atoms with Gasteiger partial charge in [0.25, 0.3) is 11.8 Å². The highest BCUT2D eigenvalue weighted by atomic mass is 35.5. The number of likely N-dealkylation sites (tertiary alicyclic amines) is 2. The molecule has 13 aromatic rings. The number of carbonyl (C=O) groups excluding carboxylic acids is 6. The average Bonchev–Trinajstić information content (AvgIpc) is 1.57. The fourth-order valence-corrected chi connectivity index (χ4v) is 17.3. The van der Waals surface area contributed by atoms with Crippen molar-refractivity contribution in [3.05, 3.63) is 220 Å². The van der Waals surface area contributed by atoms with Gasteiger partial charge in [0.15, 0.2) is 17.5 Å². The van der Waals surface area contributed by atoms with Crippen molar-refractivity contribution in [2.45, 2.75) is 61.4 Å². The molecule has 5 aliphatic rings. The van der Waals surface area contributed by atoms with E-state index < -0.39 is 12.0 Å². The van der Waals surface area contributed by atoms with E-state index in [2.05, 4.69) is 78.3 Å². The Morgan fingerprint density at radius 1 is 0.545 bits per heavy atom. The zero-order valence-corrected chi connectivity index (χ0v) is 62.9. The molecular formula is C79H66ClN17O9S4. The lowest BCUT2D eigenvalue weighted by Gasteiger charge is -2.29. The summed E-state index contributed by atoms with van der Waals surface area (Å²) in [6.07, 6.45) is 13.0. The topological polar surface area (TPSA) is 297 Å². The molecule has 5 aliphatic heterocycles. The van der Waals surface area contributed by atoms with Gasteiger partial charge in [-0.3, -0.25) is 19.5 Å². The lowest BCUT2D eigenvalue weighted by atomic mass is 10.1. The van der Waals surface area contributed by atoms with Gasteiger partial charge in [-0.05, 0) is 187 Å². The third kappa shape index (κ3) is 15.3. The summed E-state index contributed by atoms with van der Waals surface area (Å²) in [5.74, 6) is 2.58. The molecule has 0 unspecified atom stereocenters. The van der Waals surface area contributed by atoms with Gasteiger partial charge in [0.1, 0.15) is 71.1 Å². The number of ether oxygens (including phenoxy) is 3. The number of nitrogens with zero attached hydrogens (tertiary/aromatic N) is 12. The van der Waals surface area contributed by atoms with Crippen LogP contribution < -0.4 is 50.8 Å². The molecule has 2 fully saturated rings. The van der Waals surface area contributed by atoms with Gasteiger partial charge in [-0.25, -0.2) is 63.8 Å². The fourth-order valence-electron chi connectivity index (χ4n) is 13.3. The summed E-state index contributed by atoms with van der Waals surface area (Å²) in [5.41, 5.74) is 4.93. The van der Waals surface area contributed by atoms with Crippen molar-refractivity contribution in [3.63, 3.8) is 0 Å². The number of aromatic nitrogens is 7. The van der Waals surface area contributed by atoms with E-state index in [1.54, 1.807) is 85.7 Å². The predicted octanol–water partition coefficient (Wildman–Crippen LogP) is 18.1. The average molecular weight is 1560 g/mol. The molecule has 6 aromatic carbocycles. The number of para-hydroxylation sites is 1. The Morgan fingerprint density at radius 3 is 1.62 bits per heavy atom. The summed E-state index contributed by atoms with van der Waals surface area (Å²) < 4.78 is 16.8. The van der Waals surface area contributed by atoms with Gasteiger partial charge in [-0.1, -0.05) is 78.3 Å². The fraction of sp³-hybridized carbons (Fsp3) is 0.177. The Morgan fingerprint density at radius 2 is 1.05 bits per heavy atom. The monoisotopic (exact) mass is 1560 g/mol. The molecule has 7 aromatic heterocycles. The highest BCUT2D eigenvalue weighted by Gasteiger charge is 2.38. The molecule has 31 heteroatoms. The highest BCUT2D eigenvalue weighted by Crippen LogP contribution is 2.49. The summed E-state index contributed by atoms with van der Waals surface area (Å²) in [6.45, 7) is 7.03. The number of piperidine rings is 2. The van der Waals surface area contributed by atoms with Crippen LogP contribution in [-0.4, -0.2) is 126 Å². The van der Waals surface area contributed by atoms with Crippen LogP contribution in [-0.2, 0) is 11.3 Å². The van der Waals surface area contributed by atoms with E-state index in [4.69, 9.17) is 25.8 Å². The first kappa shape index (κ1) is 72.2. The maximum Gasteiger partial charge on any atom is 0.350 e. The number of urea groups is 3. The molecule has 0 atom stereocenters. The quantitative estimate of drug-likeness (QED) is 0.0529. The molecule has 5 N–H and O–H groups in total. The van der Waals surface area contributed by atoms with Gasteiger partial charge in [-0.2, -0.15) is 0 Å². The van der Waals surface area contributed by atoms with Crippen LogP contribution in [0.3, 0.4) is 0 Å². The lowest BCUT2D eigenvalue weighted by molar-refractivity contribution is 0.0532. The molecule has 110 heavy (non-hydrogen) atoms. The largest absolute Gasteiger partial charge is 0.462 e. The predicted molar refractivity (Wildman–Crippen MR) is 429 cm³/mol. The van der Waals surface area contributed by atoms with Crippen LogP contribution >= 0.6 is 57.4 Å². The van der Waals surface area contributed by atoms with Crippen molar-refractivity contribution in [3.8, 4) is 23.0 Å². The van der Waals surface area contributed by atoms with Crippen molar-refractivity contribution < 1.29 is 43.0 Å². The SMILES string of the molecule is CCOC(=O)c1sc2ncnc3c2c1NC(=O)N3c1ccc(Sc2ccccc2)cc1.CN1CCC(NC(=O)c2sc3ncnc4c3c2NC(=O)N4c2ccc(Oc3ccccc3)cc2)CC1.O=C(Nc1ccc(CN2CCCCC2)cc1)c1sc2ncnc3c2c1NC(=O)N3c1ccc(Oc2cccnc2)c(Cl)c1. The second-order valence-electron chi connectivity index (χ2n) is 25.8. The first-order valence-corrected chi connectivity index (χ1v) is 38.9. The van der Waals surface area contributed by atoms with Crippen molar-refractivity contribution in [2.24, 2.45) is 0 Å². The minimum absolute atomic E-state index is 0.115. The number of hydrogen-bond donors (Lipinski definition) is 5. The van der Waals surface area contributed by atoms with Crippen LogP contribution in [0.1, 0.15) is 73.6 Å². The lowest BCUT2D eigenvalue weighted by Crippen LogP contribution is -2.43. The minimum atomic E-state index is -0.484. The third-order valence-corrected chi connectivity index (χ3v) is 23.1. The van der Waals surface area contributed by atoms with Crippen LogP contribution in [0, 0.1) is 0 Å². The summed E-state index contributed by atoms with van der Waals surface area (Å²) >= 11 is 11.8. The Labute approximate surface area is 650 Å². The minimum Gasteiger partial charge on any atom is -0.462 e. The second kappa shape index (κ2) is 32.0. The molecule has 8 amide bonds. The highest BCUT2D eigenvalue weighted by molar-refractivity contribution is 7.99. The van der Waals surface area contributed by atoms with Crippen LogP contribution in [0.25, 0.3) is 30.6 Å². The summed E-state index contributed by atoms with van der Waals surface area (Å²) in [7, 11) is 2.08. The van der Waals surface area contributed by atoms with Crippen LogP contribution in [0.15, 0.2) is 205 Å². The number of halogens is 1. The Kier molecular flexibility index (Phi) is 21.0. The number of pyridine rings is 1. The van der Waals surface area contributed by atoms with E-state index in [0.29, 0.717) is 125 Å². The number of carbonyl (C=O) groups is 6. The van der Waals surface area contributed by atoms with Gasteiger partial charge in [0.2, 0.25) is 0 Å². The number of amides is 8. The first-order valence-electron chi connectivity index (χ1n) is 35.2. The van der Waals surface area contributed by atoms with Crippen molar-refractivity contribution >= 4 is 181 Å². The smallest absolute Gasteiger partial charge is 0.350 e. The summed E-state index contributed by atoms with van der Waals surface area (Å²) in [5, 5.41) is 16.9. The van der Waals surface area contributed by atoms with Crippen LogP contribution in [0.2, 0.25) is 5.02 Å². The molecule has 552 valence electrons. The maximum absolute atomic E-state index is 13.5. The third-order valence-electron chi connectivity index (χ3n) is 18.5. The molecule has 0 radical (unpaired) electrons.